The summed E-state index contributed by atoms with van der Waals surface area (Å²) in [5.41, 5.74) is 7.93. The highest BCUT2D eigenvalue weighted by atomic mass is 35.5. The van der Waals surface area contributed by atoms with Gasteiger partial charge in [-0.05, 0) is 38.7 Å². The molecule has 3 N–H and O–H groups in total. The second-order valence-electron chi connectivity index (χ2n) is 3.92. The first kappa shape index (κ1) is 19.4. The standard InChI is InChI=1S/C12H20N4.2ClH/c1-4-14-12(13)15-11-7-5-6-10(8-11)9-16(2)3;;/h5-8H,4,9H2,1-3H3,(H3,13,14,15);2*1H. The van der Waals surface area contributed by atoms with Crippen LogP contribution in [0.25, 0.3) is 0 Å². The predicted octanol–water partition coefficient (Wildman–Crippen LogP) is 2.34. The number of halogens is 2. The Hall–Kier alpha value is -0.970. The molecular formula is C12H22Cl2N4. The highest BCUT2D eigenvalue weighted by molar-refractivity contribution is 5.92. The number of nitrogens with zero attached hydrogens (tertiary/aromatic N) is 2. The van der Waals surface area contributed by atoms with Crippen molar-refractivity contribution < 1.29 is 0 Å². The van der Waals surface area contributed by atoms with Crippen LogP contribution in [0.15, 0.2) is 29.3 Å². The third-order valence-corrected chi connectivity index (χ3v) is 2.03. The minimum absolute atomic E-state index is 0. The molecule has 4 nitrogen and oxygen atoms in total. The van der Waals surface area contributed by atoms with Gasteiger partial charge < -0.3 is 16.0 Å². The van der Waals surface area contributed by atoms with Crippen molar-refractivity contribution in [3.63, 3.8) is 0 Å². The lowest BCUT2D eigenvalue weighted by Crippen LogP contribution is -2.22. The Morgan fingerprint density at radius 1 is 1.33 bits per heavy atom. The summed E-state index contributed by atoms with van der Waals surface area (Å²) in [5, 5.41) is 3.07. The monoisotopic (exact) mass is 292 g/mol. The summed E-state index contributed by atoms with van der Waals surface area (Å²) in [5.74, 6) is 0.463. The average Bonchev–Trinajstić information content (AvgIpc) is 2.17. The Balaban J connectivity index is 0. The van der Waals surface area contributed by atoms with E-state index < -0.39 is 0 Å². The fourth-order valence-corrected chi connectivity index (χ4v) is 1.47. The molecule has 0 aliphatic rings. The predicted molar refractivity (Wildman–Crippen MR) is 84.1 cm³/mol. The summed E-state index contributed by atoms with van der Waals surface area (Å²) >= 11 is 0. The van der Waals surface area contributed by atoms with Gasteiger partial charge in [-0.2, -0.15) is 0 Å². The van der Waals surface area contributed by atoms with E-state index in [0.717, 1.165) is 12.2 Å². The van der Waals surface area contributed by atoms with Crippen LogP contribution in [-0.2, 0) is 6.54 Å². The van der Waals surface area contributed by atoms with Gasteiger partial charge in [0.05, 0.1) is 0 Å². The van der Waals surface area contributed by atoms with E-state index in [1.165, 1.54) is 5.56 Å². The SMILES string of the molecule is CCN=C(N)Nc1cccc(CN(C)C)c1.Cl.Cl. The molecule has 0 amide bonds. The van der Waals surface area contributed by atoms with Gasteiger partial charge in [0.1, 0.15) is 0 Å². The molecule has 0 aliphatic carbocycles. The van der Waals surface area contributed by atoms with E-state index in [2.05, 4.69) is 27.3 Å². The number of nitrogens with one attached hydrogen (secondary N) is 1. The highest BCUT2D eigenvalue weighted by Crippen LogP contribution is 2.11. The first-order valence-electron chi connectivity index (χ1n) is 5.42. The third-order valence-electron chi connectivity index (χ3n) is 2.03. The van der Waals surface area contributed by atoms with E-state index in [0.29, 0.717) is 12.5 Å². The lowest BCUT2D eigenvalue weighted by atomic mass is 10.2. The van der Waals surface area contributed by atoms with Gasteiger partial charge in [-0.3, -0.25) is 4.99 Å². The summed E-state index contributed by atoms with van der Waals surface area (Å²) in [6, 6.07) is 8.17. The first-order valence-corrected chi connectivity index (χ1v) is 5.42. The second-order valence-corrected chi connectivity index (χ2v) is 3.92. The Labute approximate surface area is 121 Å². The molecule has 18 heavy (non-hydrogen) atoms. The molecule has 0 fully saturated rings. The first-order chi connectivity index (χ1) is 7.61. The summed E-state index contributed by atoms with van der Waals surface area (Å²) in [6.07, 6.45) is 0. The summed E-state index contributed by atoms with van der Waals surface area (Å²) in [7, 11) is 4.10. The van der Waals surface area contributed by atoms with Crippen LogP contribution in [0.2, 0.25) is 0 Å². The molecule has 0 aliphatic heterocycles. The van der Waals surface area contributed by atoms with E-state index in [-0.39, 0.29) is 24.8 Å². The summed E-state index contributed by atoms with van der Waals surface area (Å²) in [4.78, 5) is 6.21. The van der Waals surface area contributed by atoms with Gasteiger partial charge in [0, 0.05) is 18.8 Å². The Kier molecular flexibility index (Phi) is 10.8. The third kappa shape index (κ3) is 7.37. The van der Waals surface area contributed by atoms with Crippen LogP contribution in [0, 0.1) is 0 Å². The number of hydrogen-bond donors (Lipinski definition) is 2. The maximum atomic E-state index is 5.70. The van der Waals surface area contributed by atoms with E-state index >= 15 is 0 Å². The molecule has 1 aromatic carbocycles. The zero-order chi connectivity index (χ0) is 12.0. The highest BCUT2D eigenvalue weighted by Gasteiger charge is 1.98. The van der Waals surface area contributed by atoms with Gasteiger partial charge in [-0.15, -0.1) is 24.8 Å². The van der Waals surface area contributed by atoms with E-state index in [1.807, 2.05) is 33.2 Å². The molecule has 1 aromatic rings. The smallest absolute Gasteiger partial charge is 0.193 e. The minimum Gasteiger partial charge on any atom is -0.370 e. The summed E-state index contributed by atoms with van der Waals surface area (Å²) < 4.78 is 0. The van der Waals surface area contributed by atoms with Crippen molar-refractivity contribution in [2.45, 2.75) is 13.5 Å². The average molecular weight is 293 g/mol. The normalized spacial score (nSPS) is 10.6. The van der Waals surface area contributed by atoms with Crippen molar-refractivity contribution in [1.82, 2.24) is 4.90 Å². The molecule has 0 aromatic heterocycles. The molecule has 1 rings (SSSR count). The lowest BCUT2D eigenvalue weighted by Gasteiger charge is -2.11. The number of nitrogens with two attached hydrogens (primary N) is 1. The Morgan fingerprint density at radius 3 is 2.56 bits per heavy atom. The fraction of sp³-hybridized carbons (Fsp3) is 0.417. The zero-order valence-electron chi connectivity index (χ0n) is 11.0. The number of rotatable bonds is 4. The van der Waals surface area contributed by atoms with Gasteiger partial charge in [0.2, 0.25) is 0 Å². The molecule has 0 heterocycles. The van der Waals surface area contributed by atoms with Crippen molar-refractivity contribution in [2.75, 3.05) is 26.0 Å². The van der Waals surface area contributed by atoms with E-state index in [9.17, 15) is 0 Å². The van der Waals surface area contributed by atoms with Crippen molar-refractivity contribution in [1.29, 1.82) is 0 Å². The van der Waals surface area contributed by atoms with Crippen LogP contribution < -0.4 is 11.1 Å². The van der Waals surface area contributed by atoms with Crippen LogP contribution in [0.5, 0.6) is 0 Å². The van der Waals surface area contributed by atoms with Gasteiger partial charge in [0.25, 0.3) is 0 Å². The molecule has 0 bridgehead atoms. The van der Waals surface area contributed by atoms with Crippen LogP contribution in [0.3, 0.4) is 0 Å². The molecule has 104 valence electrons. The van der Waals surface area contributed by atoms with E-state index in [4.69, 9.17) is 5.73 Å². The van der Waals surface area contributed by atoms with Gasteiger partial charge >= 0.3 is 0 Å². The lowest BCUT2D eigenvalue weighted by molar-refractivity contribution is 0.402. The molecule has 0 saturated carbocycles. The molecular weight excluding hydrogens is 271 g/mol. The van der Waals surface area contributed by atoms with E-state index in [1.54, 1.807) is 0 Å². The number of hydrogen-bond acceptors (Lipinski definition) is 2. The molecule has 0 atom stereocenters. The maximum Gasteiger partial charge on any atom is 0.193 e. The van der Waals surface area contributed by atoms with Crippen LogP contribution in [0.1, 0.15) is 12.5 Å². The molecule has 6 heteroatoms. The number of aliphatic imine (C=N–C) groups is 1. The second kappa shape index (κ2) is 10.00. The summed E-state index contributed by atoms with van der Waals surface area (Å²) in [6.45, 7) is 3.56. The number of anilines is 1. The maximum absolute atomic E-state index is 5.70. The van der Waals surface area contributed by atoms with Crippen LogP contribution in [-0.4, -0.2) is 31.5 Å². The van der Waals surface area contributed by atoms with Crippen molar-refractivity contribution in [2.24, 2.45) is 10.7 Å². The van der Waals surface area contributed by atoms with Crippen molar-refractivity contribution in [3.05, 3.63) is 29.8 Å². The molecule has 0 spiro atoms. The number of guanidine groups is 1. The topological polar surface area (TPSA) is 53.6 Å². The number of benzene rings is 1. The quantitative estimate of drug-likeness (QED) is 0.662. The van der Waals surface area contributed by atoms with Gasteiger partial charge in [-0.1, -0.05) is 12.1 Å². The fourth-order valence-electron chi connectivity index (χ4n) is 1.47. The Morgan fingerprint density at radius 2 is 2.00 bits per heavy atom. The van der Waals surface area contributed by atoms with Crippen LogP contribution >= 0.6 is 24.8 Å². The van der Waals surface area contributed by atoms with Crippen molar-refractivity contribution >= 4 is 36.5 Å². The van der Waals surface area contributed by atoms with Crippen molar-refractivity contribution in [3.8, 4) is 0 Å². The largest absolute Gasteiger partial charge is 0.370 e. The van der Waals surface area contributed by atoms with Gasteiger partial charge in [0.15, 0.2) is 5.96 Å². The Bertz CT molecular complexity index is 367. The zero-order valence-corrected chi connectivity index (χ0v) is 12.6. The molecule has 0 unspecified atom stereocenters. The molecule has 0 saturated heterocycles. The van der Waals surface area contributed by atoms with Gasteiger partial charge in [-0.25, -0.2) is 0 Å². The molecule has 0 radical (unpaired) electrons. The minimum atomic E-state index is 0. The van der Waals surface area contributed by atoms with Crippen LogP contribution in [0.4, 0.5) is 5.69 Å².